The molecule has 0 saturated carbocycles. The molecule has 4 aliphatic heterocycles. The van der Waals surface area contributed by atoms with Crippen molar-refractivity contribution in [3.05, 3.63) is 89.0 Å². The first kappa shape index (κ1) is 33.9. The van der Waals surface area contributed by atoms with E-state index in [4.69, 9.17) is 21.1 Å². The number of fused-ring (bicyclic) bond motifs is 2. The van der Waals surface area contributed by atoms with Crippen molar-refractivity contribution in [3.63, 3.8) is 0 Å². The Morgan fingerprint density at radius 3 is 2.54 bits per heavy atom. The minimum atomic E-state index is -1.46. The van der Waals surface area contributed by atoms with Gasteiger partial charge in [0, 0.05) is 26.1 Å². The van der Waals surface area contributed by atoms with Gasteiger partial charge in [-0.25, -0.2) is 0 Å². The number of aryl methyl sites for hydroxylation is 1. The standard InChI is InChI=1S/C37H42ClN3O7/c1-23-13-11-16-26(38)31(23)40-21-12-19-37-30(34(44)41(33(37)35(40)45)20-9-4-10-22-42)29-27(48-37)17-7-8-18-28(43)39-24(2)32(47-36(29)46)25-14-5-3-6-15-25/h3,5-7,11-17,19,24,27,29-30,32-33,42H,4,8-10,18,20-22H2,1-2H3,(H,39,43)/b17-7-/t24-,27-,29+,30+,32+,33-,37+/m1/s1. The zero-order valence-electron chi connectivity index (χ0n) is 27.2. The van der Waals surface area contributed by atoms with Gasteiger partial charge in [-0.1, -0.05) is 78.4 Å². The third-order valence-electron chi connectivity index (χ3n) is 9.86. The lowest BCUT2D eigenvalue weighted by Gasteiger charge is -2.36. The molecule has 3 amide bonds. The maximum Gasteiger partial charge on any atom is 0.313 e. The van der Waals surface area contributed by atoms with Gasteiger partial charge in [-0.15, -0.1) is 0 Å². The number of aliphatic hydroxyl groups is 1. The van der Waals surface area contributed by atoms with Crippen molar-refractivity contribution < 1.29 is 33.8 Å². The molecule has 0 unspecified atom stereocenters. The van der Waals surface area contributed by atoms with E-state index in [0.29, 0.717) is 42.0 Å². The lowest BCUT2D eigenvalue weighted by Crippen LogP contribution is -2.55. The minimum Gasteiger partial charge on any atom is -0.455 e. The van der Waals surface area contributed by atoms with E-state index in [9.17, 15) is 24.3 Å². The number of anilines is 1. The first-order valence-electron chi connectivity index (χ1n) is 16.7. The number of hydrogen-bond acceptors (Lipinski definition) is 7. The number of rotatable bonds is 7. The third kappa shape index (κ3) is 6.17. The van der Waals surface area contributed by atoms with Crippen molar-refractivity contribution in [3.8, 4) is 0 Å². The predicted octanol–water partition coefficient (Wildman–Crippen LogP) is 4.43. The zero-order chi connectivity index (χ0) is 34.0. The molecule has 2 N–H and O–H groups in total. The number of unbranched alkanes of at least 4 members (excludes halogenated alkanes) is 2. The predicted molar refractivity (Wildman–Crippen MR) is 180 cm³/mol. The van der Waals surface area contributed by atoms with Gasteiger partial charge >= 0.3 is 5.97 Å². The Hall–Kier alpha value is -3.99. The van der Waals surface area contributed by atoms with E-state index in [1.807, 2.05) is 55.5 Å². The second-order valence-corrected chi connectivity index (χ2v) is 13.4. The van der Waals surface area contributed by atoms with Crippen LogP contribution in [0, 0.1) is 18.8 Å². The summed E-state index contributed by atoms with van der Waals surface area (Å²) >= 11 is 6.66. The average Bonchev–Trinajstić information content (AvgIpc) is 3.45. The number of halogens is 1. The quantitative estimate of drug-likeness (QED) is 0.253. The van der Waals surface area contributed by atoms with Gasteiger partial charge in [0.05, 0.1) is 28.8 Å². The number of allylic oxidation sites excluding steroid dienone is 1. The van der Waals surface area contributed by atoms with E-state index >= 15 is 0 Å². The van der Waals surface area contributed by atoms with Crippen LogP contribution in [0.4, 0.5) is 5.69 Å². The van der Waals surface area contributed by atoms with Crippen LogP contribution in [0.15, 0.2) is 72.8 Å². The number of hydrogen-bond donors (Lipinski definition) is 2. The summed E-state index contributed by atoms with van der Waals surface area (Å²) in [5, 5.41) is 12.8. The number of cyclic esters (lactones) is 1. The van der Waals surface area contributed by atoms with Gasteiger partial charge in [0.15, 0.2) is 0 Å². The second-order valence-electron chi connectivity index (χ2n) is 13.0. The number of esters is 1. The van der Waals surface area contributed by atoms with Gasteiger partial charge in [0.2, 0.25) is 11.8 Å². The van der Waals surface area contributed by atoms with Gasteiger partial charge in [0.25, 0.3) is 5.91 Å². The van der Waals surface area contributed by atoms with Crippen molar-refractivity contribution >= 4 is 41.0 Å². The number of carbonyl (C=O) groups is 4. The number of carbonyl (C=O) groups excluding carboxylic acids is 4. The molecule has 0 aliphatic carbocycles. The highest BCUT2D eigenvalue weighted by atomic mass is 35.5. The van der Waals surface area contributed by atoms with Crippen LogP contribution in [-0.4, -0.2) is 77.2 Å². The van der Waals surface area contributed by atoms with Crippen molar-refractivity contribution in [2.45, 2.75) is 75.8 Å². The molecule has 48 heavy (non-hydrogen) atoms. The summed E-state index contributed by atoms with van der Waals surface area (Å²) < 4.78 is 13.1. The summed E-state index contributed by atoms with van der Waals surface area (Å²) in [4.78, 5) is 59.8. The van der Waals surface area contributed by atoms with Crippen LogP contribution in [0.3, 0.4) is 0 Å². The lowest BCUT2D eigenvalue weighted by molar-refractivity contribution is -0.161. The SMILES string of the molecule is Cc1cccc(Cl)c1N1CC=C[C@]23O[C@@H]4/C=C\CCC(=O)N[C@H](C)[C@@H](c5ccccc5)OC(=O)[C@@H]4[C@H]2C(=O)N(CCCCCO)[C@@H]3C1=O. The fraction of sp³-hybridized carbons (Fsp3) is 0.459. The Morgan fingerprint density at radius 2 is 1.79 bits per heavy atom. The highest BCUT2D eigenvalue weighted by Crippen LogP contribution is 2.54. The molecular weight excluding hydrogens is 634 g/mol. The van der Waals surface area contributed by atoms with Gasteiger partial charge in [-0.05, 0) is 56.7 Å². The number of benzene rings is 2. The molecule has 7 atom stereocenters. The topological polar surface area (TPSA) is 125 Å². The van der Waals surface area contributed by atoms with Crippen LogP contribution < -0.4 is 10.2 Å². The summed E-state index contributed by atoms with van der Waals surface area (Å²) in [6.45, 7) is 4.14. The third-order valence-corrected chi connectivity index (χ3v) is 10.2. The average molecular weight is 676 g/mol. The van der Waals surface area contributed by atoms with Gasteiger partial charge < -0.3 is 29.7 Å². The summed E-state index contributed by atoms with van der Waals surface area (Å²) in [6, 6.07) is 13.0. The van der Waals surface area contributed by atoms with Crippen LogP contribution in [0.1, 0.15) is 56.3 Å². The van der Waals surface area contributed by atoms with E-state index in [1.54, 1.807) is 41.0 Å². The molecule has 1 spiro atoms. The van der Waals surface area contributed by atoms with E-state index in [0.717, 1.165) is 5.56 Å². The zero-order valence-corrected chi connectivity index (χ0v) is 28.0. The molecule has 11 heteroatoms. The van der Waals surface area contributed by atoms with E-state index in [1.165, 1.54) is 0 Å². The van der Waals surface area contributed by atoms with Crippen molar-refractivity contribution in [2.24, 2.45) is 11.8 Å². The number of aliphatic hydroxyl groups excluding tert-OH is 1. The van der Waals surface area contributed by atoms with Crippen LogP contribution in [0.25, 0.3) is 0 Å². The fourth-order valence-electron chi connectivity index (χ4n) is 7.68. The number of likely N-dealkylation sites (tertiary alicyclic amines) is 1. The molecule has 2 aromatic carbocycles. The summed E-state index contributed by atoms with van der Waals surface area (Å²) in [5.41, 5.74) is 0.603. The molecular formula is C37H42ClN3O7. The van der Waals surface area contributed by atoms with E-state index in [-0.39, 0.29) is 43.8 Å². The molecule has 2 aromatic rings. The Bertz CT molecular complexity index is 1590. The molecule has 4 heterocycles. The lowest BCUT2D eigenvalue weighted by atomic mass is 9.77. The largest absolute Gasteiger partial charge is 0.455 e. The van der Waals surface area contributed by atoms with Crippen molar-refractivity contribution in [2.75, 3.05) is 24.6 Å². The van der Waals surface area contributed by atoms with Crippen LogP contribution in [0.5, 0.6) is 0 Å². The molecule has 6 rings (SSSR count). The summed E-state index contributed by atoms with van der Waals surface area (Å²) in [6.07, 6.45) is 7.80. The van der Waals surface area contributed by atoms with E-state index < -0.39 is 47.7 Å². The number of para-hydroxylation sites is 1. The molecule has 0 radical (unpaired) electrons. The highest BCUT2D eigenvalue weighted by Gasteiger charge is 2.72. The Balaban J connectivity index is 1.44. The second kappa shape index (κ2) is 14.2. The highest BCUT2D eigenvalue weighted by molar-refractivity contribution is 6.34. The maximum absolute atomic E-state index is 14.8. The van der Waals surface area contributed by atoms with Gasteiger partial charge in [-0.2, -0.15) is 0 Å². The molecule has 10 nitrogen and oxygen atoms in total. The molecule has 0 aromatic heterocycles. The Labute approximate surface area is 285 Å². The smallest absolute Gasteiger partial charge is 0.313 e. The summed E-state index contributed by atoms with van der Waals surface area (Å²) in [5.74, 6) is -3.63. The molecule has 2 fully saturated rings. The molecule has 4 aliphatic rings. The first-order chi connectivity index (χ1) is 23.2. The Morgan fingerprint density at radius 1 is 1.00 bits per heavy atom. The molecule has 2 saturated heterocycles. The van der Waals surface area contributed by atoms with Crippen molar-refractivity contribution in [1.29, 1.82) is 0 Å². The number of nitrogens with zero attached hydrogens (tertiary/aromatic N) is 2. The van der Waals surface area contributed by atoms with Gasteiger partial charge in [0.1, 0.15) is 23.7 Å². The normalized spacial score (nSPS) is 31.2. The maximum atomic E-state index is 14.8. The molecule has 254 valence electrons. The van der Waals surface area contributed by atoms with Crippen molar-refractivity contribution in [1.82, 2.24) is 10.2 Å². The van der Waals surface area contributed by atoms with Crippen LogP contribution in [0.2, 0.25) is 5.02 Å². The molecule has 0 bridgehead atoms. The fourth-order valence-corrected chi connectivity index (χ4v) is 8.00. The van der Waals surface area contributed by atoms with Crippen LogP contribution in [-0.2, 0) is 28.7 Å². The van der Waals surface area contributed by atoms with Gasteiger partial charge in [-0.3, -0.25) is 19.2 Å². The van der Waals surface area contributed by atoms with Crippen LogP contribution >= 0.6 is 11.6 Å². The number of ether oxygens (including phenoxy) is 2. The number of amides is 3. The Kier molecular flexibility index (Phi) is 10.1. The first-order valence-corrected chi connectivity index (χ1v) is 17.1. The summed E-state index contributed by atoms with van der Waals surface area (Å²) in [7, 11) is 0. The number of nitrogens with one attached hydrogen (secondary N) is 1. The monoisotopic (exact) mass is 675 g/mol. The van der Waals surface area contributed by atoms with E-state index in [2.05, 4.69) is 5.32 Å². The minimum absolute atomic E-state index is 0.0255.